The Morgan fingerprint density at radius 3 is 1.32 bits per heavy atom. The van der Waals surface area contributed by atoms with Gasteiger partial charge in [0.1, 0.15) is 0 Å². The second-order valence-electron chi connectivity index (χ2n) is 8.01. The van der Waals surface area contributed by atoms with Gasteiger partial charge in [-0.2, -0.15) is 0 Å². The van der Waals surface area contributed by atoms with Gasteiger partial charge in [0.15, 0.2) is 0 Å². The van der Waals surface area contributed by atoms with E-state index in [9.17, 15) is 0 Å². The van der Waals surface area contributed by atoms with Gasteiger partial charge in [0.25, 0.3) is 0 Å². The van der Waals surface area contributed by atoms with Crippen molar-refractivity contribution in [2.45, 2.75) is 72.6 Å². The number of hydrogen-bond acceptors (Lipinski definition) is 0. The molecular formula is C26H37ClSn. The molecule has 152 valence electrons. The van der Waals surface area contributed by atoms with Crippen molar-refractivity contribution in [3.8, 4) is 0 Å². The van der Waals surface area contributed by atoms with Gasteiger partial charge in [-0.25, -0.2) is 0 Å². The van der Waals surface area contributed by atoms with E-state index >= 15 is 0 Å². The third-order valence-electron chi connectivity index (χ3n) is 5.84. The van der Waals surface area contributed by atoms with E-state index in [0.717, 1.165) is 0 Å². The predicted molar refractivity (Wildman–Crippen MR) is 130 cm³/mol. The van der Waals surface area contributed by atoms with Crippen molar-refractivity contribution in [2.75, 3.05) is 0 Å². The fraction of sp³-hybridized carbons (Fsp3) is 0.462. The first-order valence-electron chi connectivity index (χ1n) is 11.2. The molecule has 0 heterocycles. The van der Waals surface area contributed by atoms with E-state index in [1.54, 1.807) is 0 Å². The summed E-state index contributed by atoms with van der Waals surface area (Å²) in [4.78, 5) is 0. The summed E-state index contributed by atoms with van der Waals surface area (Å²) in [6.07, 6.45) is 7.80. The third-order valence-corrected chi connectivity index (χ3v) is 23.3. The fourth-order valence-corrected chi connectivity index (χ4v) is 21.4. The van der Waals surface area contributed by atoms with E-state index in [0.29, 0.717) is 0 Å². The molecule has 0 aromatic heterocycles. The first-order valence-corrected chi connectivity index (χ1v) is 19.1. The number of halogens is 1. The summed E-state index contributed by atoms with van der Waals surface area (Å²) in [5.41, 5.74) is 3.88. The Balaban J connectivity index is 2.66. The Labute approximate surface area is 182 Å². The van der Waals surface area contributed by atoms with Crippen LogP contribution in [0, 0.1) is 0 Å². The van der Waals surface area contributed by atoms with Crippen molar-refractivity contribution in [1.29, 1.82) is 0 Å². The molecule has 0 bridgehead atoms. The molecule has 28 heavy (non-hydrogen) atoms. The van der Waals surface area contributed by atoms with Crippen molar-refractivity contribution >= 4 is 35.6 Å². The summed E-state index contributed by atoms with van der Waals surface area (Å²) in [7, 11) is 0. The molecule has 2 heteroatoms. The van der Waals surface area contributed by atoms with Gasteiger partial charge >= 0.3 is 183 Å². The summed E-state index contributed by atoms with van der Waals surface area (Å²) < 4.78 is 5.48. The molecule has 0 N–H and O–H groups in total. The van der Waals surface area contributed by atoms with Crippen molar-refractivity contribution in [3.63, 3.8) is 0 Å². The van der Waals surface area contributed by atoms with Crippen LogP contribution in [-0.4, -0.2) is 18.4 Å². The molecule has 0 aliphatic rings. The van der Waals surface area contributed by atoms with Gasteiger partial charge in [-0.3, -0.25) is 0 Å². The van der Waals surface area contributed by atoms with Crippen LogP contribution in [0.15, 0.2) is 63.7 Å². The number of hydrogen-bond donors (Lipinski definition) is 0. The number of rotatable bonds is 12. The molecule has 2 aromatic rings. The molecule has 0 fully saturated rings. The third kappa shape index (κ3) is 6.39. The summed E-state index contributed by atoms with van der Waals surface area (Å²) in [6, 6.07) is 21.7. The van der Waals surface area contributed by atoms with E-state index in [2.05, 4.69) is 81.4 Å². The minimum atomic E-state index is -2.68. The average molecular weight is 504 g/mol. The summed E-state index contributed by atoms with van der Waals surface area (Å²) >= 11 is 4.83. The maximum absolute atomic E-state index is 7.52. The van der Waals surface area contributed by atoms with Crippen molar-refractivity contribution < 1.29 is 0 Å². The zero-order chi connectivity index (χ0) is 20.2. The molecule has 2 rings (SSSR count). The Morgan fingerprint density at radius 2 is 1.00 bits per heavy atom. The number of benzene rings is 2. The molecule has 0 saturated carbocycles. The van der Waals surface area contributed by atoms with E-state index in [4.69, 9.17) is 11.6 Å². The summed E-state index contributed by atoms with van der Waals surface area (Å²) in [6.45, 7) is 6.97. The van der Waals surface area contributed by atoms with Gasteiger partial charge in [0.05, 0.1) is 0 Å². The van der Waals surface area contributed by atoms with Crippen molar-refractivity contribution in [2.24, 2.45) is 0 Å². The zero-order valence-electron chi connectivity index (χ0n) is 18.0. The normalized spacial score (nSPS) is 11.4. The predicted octanol–water partition coefficient (Wildman–Crippen LogP) is 9.07. The van der Waals surface area contributed by atoms with Crippen LogP contribution in [0.5, 0.6) is 0 Å². The fourth-order valence-electron chi connectivity index (χ4n) is 4.14. The number of unbranched alkanes of at least 4 members (excludes halogenated alkanes) is 3. The van der Waals surface area contributed by atoms with E-state index < -0.39 is 18.4 Å². The molecule has 0 nitrogen and oxygen atoms in total. The van der Waals surface area contributed by atoms with Crippen LogP contribution in [0.4, 0.5) is 0 Å². The van der Waals surface area contributed by atoms with Crippen molar-refractivity contribution in [3.05, 3.63) is 74.8 Å². The van der Waals surface area contributed by atoms with E-state index in [1.165, 1.54) is 71.6 Å². The molecule has 0 amide bonds. The molecule has 0 unspecified atom stereocenters. The van der Waals surface area contributed by atoms with E-state index in [-0.39, 0.29) is 0 Å². The Morgan fingerprint density at radius 1 is 0.643 bits per heavy atom. The van der Waals surface area contributed by atoms with Gasteiger partial charge in [-0.15, -0.1) is 0 Å². The van der Waals surface area contributed by atoms with Crippen LogP contribution in [0.1, 0.15) is 70.4 Å². The molecule has 0 saturated heterocycles. The summed E-state index contributed by atoms with van der Waals surface area (Å²) in [5.74, 6) is 0. The van der Waals surface area contributed by atoms with Gasteiger partial charge in [0.2, 0.25) is 0 Å². The molecule has 0 atom stereocenters. The molecular weight excluding hydrogens is 466 g/mol. The van der Waals surface area contributed by atoms with E-state index in [1.807, 2.05) is 0 Å². The maximum atomic E-state index is 7.52. The molecule has 0 aliphatic carbocycles. The zero-order valence-corrected chi connectivity index (χ0v) is 21.6. The summed E-state index contributed by atoms with van der Waals surface area (Å²) in [5, 5.41) is 0. The Hall–Kier alpha value is -0.731. The van der Waals surface area contributed by atoms with Crippen molar-refractivity contribution in [1.82, 2.24) is 0 Å². The van der Waals surface area contributed by atoms with Crippen LogP contribution >= 0.6 is 11.6 Å². The standard InChI is InChI=1S/C14H10Cl.3C4H9.Sn/c15-11-14(12-7-3-1-4-8-12)13-9-5-2-6-10-13;3*1-3-4-2;/h1-10H;3*1,3-4H2,2H3;. The Kier molecular flexibility index (Phi) is 10.7. The van der Waals surface area contributed by atoms with Gasteiger partial charge in [-0.1, -0.05) is 0 Å². The first kappa shape index (κ1) is 23.5. The van der Waals surface area contributed by atoms with Crippen LogP contribution in [0.2, 0.25) is 13.3 Å². The van der Waals surface area contributed by atoms with Crippen LogP contribution in [0.25, 0.3) is 5.57 Å². The molecule has 2 aromatic carbocycles. The van der Waals surface area contributed by atoms with Crippen LogP contribution < -0.4 is 0 Å². The average Bonchev–Trinajstić information content (AvgIpc) is 2.75. The first-order chi connectivity index (χ1) is 13.7. The molecule has 0 radical (unpaired) electrons. The van der Waals surface area contributed by atoms with Gasteiger partial charge < -0.3 is 0 Å². The molecule has 0 spiro atoms. The van der Waals surface area contributed by atoms with Gasteiger partial charge in [0, 0.05) is 0 Å². The van der Waals surface area contributed by atoms with Gasteiger partial charge in [-0.05, 0) is 0 Å². The minimum absolute atomic E-state index is 1.27. The second kappa shape index (κ2) is 12.8. The van der Waals surface area contributed by atoms with Crippen LogP contribution in [-0.2, 0) is 0 Å². The SMILES string of the molecule is CCC[CH2][Sn]([CH2]CCC)([CH2]CCC)[C](Cl)=C(c1ccccc1)c1ccccc1. The van der Waals surface area contributed by atoms with Crippen LogP contribution in [0.3, 0.4) is 0 Å². The second-order valence-corrected chi connectivity index (χ2v) is 22.3. The topological polar surface area (TPSA) is 0 Å². The molecule has 0 aliphatic heterocycles. The quantitative estimate of drug-likeness (QED) is 0.253. The Bertz CT molecular complexity index is 642. The monoisotopic (exact) mass is 504 g/mol.